The molecule has 0 aliphatic rings. The third-order valence-corrected chi connectivity index (χ3v) is 3.48. The first-order valence-corrected chi connectivity index (χ1v) is 5.92. The summed E-state index contributed by atoms with van der Waals surface area (Å²) in [6.07, 6.45) is 0.475. The largest absolute Gasteiger partial charge is 0.496 e. The molecule has 0 bridgehead atoms. The van der Waals surface area contributed by atoms with Crippen LogP contribution in [0.5, 0.6) is 11.5 Å². The molecular weight excluding hydrogens is 288 g/mol. The van der Waals surface area contributed by atoms with Crippen LogP contribution in [0.1, 0.15) is 17.5 Å². The molecule has 0 aliphatic heterocycles. The van der Waals surface area contributed by atoms with Crippen molar-refractivity contribution in [2.24, 2.45) is 0 Å². The number of rotatable bonds is 5. The molecule has 0 fully saturated rings. The molecule has 0 unspecified atom stereocenters. The minimum Gasteiger partial charge on any atom is -0.496 e. The van der Waals surface area contributed by atoms with Crippen molar-refractivity contribution < 1.29 is 19.4 Å². The fourth-order valence-electron chi connectivity index (χ4n) is 1.61. The SMILES string of the molecule is COc1cc(CCC(=O)O)c(OC)c(Br)c1C. The number of aryl methyl sites for hydroxylation is 1. The van der Waals surface area contributed by atoms with E-state index in [4.69, 9.17) is 14.6 Å². The predicted octanol–water partition coefficient (Wildman–Crippen LogP) is 2.79. The number of ether oxygens (including phenoxy) is 2. The molecule has 0 saturated carbocycles. The van der Waals surface area contributed by atoms with Crippen LogP contribution in [0.15, 0.2) is 10.5 Å². The second-order valence-electron chi connectivity index (χ2n) is 3.60. The lowest BCUT2D eigenvalue weighted by molar-refractivity contribution is -0.136. The minimum absolute atomic E-state index is 0.0645. The highest BCUT2D eigenvalue weighted by Crippen LogP contribution is 2.38. The first-order valence-electron chi connectivity index (χ1n) is 5.13. The van der Waals surface area contributed by atoms with Gasteiger partial charge in [0.25, 0.3) is 0 Å². The van der Waals surface area contributed by atoms with Crippen LogP contribution in [0.4, 0.5) is 0 Å². The molecule has 1 rings (SSSR count). The lowest BCUT2D eigenvalue weighted by Crippen LogP contribution is -2.02. The Bertz CT molecular complexity index is 429. The number of aliphatic carboxylic acids is 1. The Hall–Kier alpha value is -1.23. The summed E-state index contributed by atoms with van der Waals surface area (Å²) >= 11 is 3.44. The molecule has 0 aliphatic carbocycles. The Morgan fingerprint density at radius 2 is 2.06 bits per heavy atom. The van der Waals surface area contributed by atoms with Crippen LogP contribution in [-0.2, 0) is 11.2 Å². The van der Waals surface area contributed by atoms with Crippen LogP contribution < -0.4 is 9.47 Å². The fraction of sp³-hybridized carbons (Fsp3) is 0.417. The normalized spacial score (nSPS) is 10.1. The number of methoxy groups -OCH3 is 2. The summed E-state index contributed by atoms with van der Waals surface area (Å²) in [5, 5.41) is 8.70. The van der Waals surface area contributed by atoms with Gasteiger partial charge in [-0.05, 0) is 40.9 Å². The lowest BCUT2D eigenvalue weighted by atomic mass is 10.1. The van der Waals surface area contributed by atoms with Gasteiger partial charge >= 0.3 is 5.97 Å². The summed E-state index contributed by atoms with van der Waals surface area (Å²) < 4.78 is 11.3. The van der Waals surface area contributed by atoms with Gasteiger partial charge in [0.2, 0.25) is 0 Å². The molecule has 0 heterocycles. The number of carboxylic acid groups (broad SMARTS) is 1. The first kappa shape index (κ1) is 13.8. The van der Waals surface area contributed by atoms with Gasteiger partial charge in [0.1, 0.15) is 11.5 Å². The molecule has 1 aromatic rings. The van der Waals surface area contributed by atoms with Crippen LogP contribution in [0.3, 0.4) is 0 Å². The van der Waals surface area contributed by atoms with Gasteiger partial charge in [-0.3, -0.25) is 4.79 Å². The summed E-state index contributed by atoms with van der Waals surface area (Å²) in [6.45, 7) is 1.91. The number of benzene rings is 1. The zero-order chi connectivity index (χ0) is 13.0. The number of hydrogen-bond acceptors (Lipinski definition) is 3. The van der Waals surface area contributed by atoms with Crippen molar-refractivity contribution in [2.75, 3.05) is 14.2 Å². The van der Waals surface area contributed by atoms with Crippen LogP contribution in [0, 0.1) is 6.92 Å². The van der Waals surface area contributed by atoms with E-state index in [1.54, 1.807) is 14.2 Å². The highest BCUT2D eigenvalue weighted by atomic mass is 79.9. The molecule has 17 heavy (non-hydrogen) atoms. The van der Waals surface area contributed by atoms with Crippen molar-refractivity contribution in [2.45, 2.75) is 19.8 Å². The van der Waals surface area contributed by atoms with Crippen LogP contribution in [0.2, 0.25) is 0 Å². The summed E-state index contributed by atoms with van der Waals surface area (Å²) in [5.41, 5.74) is 1.76. The first-order chi connectivity index (χ1) is 8.01. The highest BCUT2D eigenvalue weighted by Gasteiger charge is 2.15. The van der Waals surface area contributed by atoms with Gasteiger partial charge in [0, 0.05) is 12.0 Å². The van der Waals surface area contributed by atoms with E-state index in [1.165, 1.54) is 0 Å². The Balaban J connectivity index is 3.17. The molecular formula is C12H15BrO4. The van der Waals surface area contributed by atoms with Gasteiger partial charge in [-0.25, -0.2) is 0 Å². The summed E-state index contributed by atoms with van der Waals surface area (Å²) in [4.78, 5) is 10.6. The topological polar surface area (TPSA) is 55.8 Å². The summed E-state index contributed by atoms with van der Waals surface area (Å²) in [6, 6.07) is 1.82. The van der Waals surface area contributed by atoms with Gasteiger partial charge in [-0.2, -0.15) is 0 Å². The second kappa shape index (κ2) is 5.91. The average molecular weight is 303 g/mol. The van der Waals surface area contributed by atoms with Crippen LogP contribution in [-0.4, -0.2) is 25.3 Å². The van der Waals surface area contributed by atoms with E-state index in [9.17, 15) is 4.79 Å². The maximum Gasteiger partial charge on any atom is 0.303 e. The number of carbonyl (C=O) groups is 1. The van der Waals surface area contributed by atoms with Crippen LogP contribution in [0.25, 0.3) is 0 Å². The maximum atomic E-state index is 10.6. The maximum absolute atomic E-state index is 10.6. The van der Waals surface area contributed by atoms with Gasteiger partial charge in [-0.1, -0.05) is 0 Å². The Labute approximate surface area is 109 Å². The third kappa shape index (κ3) is 3.12. The molecule has 0 spiro atoms. The fourth-order valence-corrected chi connectivity index (χ4v) is 2.22. The minimum atomic E-state index is -0.831. The van der Waals surface area contributed by atoms with E-state index in [1.807, 2.05) is 13.0 Å². The monoisotopic (exact) mass is 302 g/mol. The molecule has 0 saturated heterocycles. The number of hydrogen-bond donors (Lipinski definition) is 1. The van der Waals surface area contributed by atoms with Gasteiger partial charge in [0.15, 0.2) is 0 Å². The summed E-state index contributed by atoms with van der Waals surface area (Å²) in [5.74, 6) is 0.560. The molecule has 0 amide bonds. The highest BCUT2D eigenvalue weighted by molar-refractivity contribution is 9.10. The summed E-state index contributed by atoms with van der Waals surface area (Å²) in [7, 11) is 3.15. The molecule has 0 atom stereocenters. The van der Waals surface area contributed by atoms with Crippen molar-refractivity contribution in [3.63, 3.8) is 0 Å². The van der Waals surface area contributed by atoms with Gasteiger partial charge in [-0.15, -0.1) is 0 Å². The molecule has 5 heteroatoms. The molecule has 1 N–H and O–H groups in total. The molecule has 4 nitrogen and oxygen atoms in total. The quantitative estimate of drug-likeness (QED) is 0.909. The van der Waals surface area contributed by atoms with E-state index >= 15 is 0 Å². The van der Waals surface area contributed by atoms with Gasteiger partial charge in [0.05, 0.1) is 18.7 Å². The Morgan fingerprint density at radius 3 is 2.53 bits per heavy atom. The van der Waals surface area contributed by atoms with Crippen molar-refractivity contribution in [1.29, 1.82) is 0 Å². The Morgan fingerprint density at radius 1 is 1.41 bits per heavy atom. The lowest BCUT2D eigenvalue weighted by Gasteiger charge is -2.15. The number of carboxylic acids is 1. The zero-order valence-corrected chi connectivity index (χ0v) is 11.6. The predicted molar refractivity (Wildman–Crippen MR) is 67.9 cm³/mol. The van der Waals surface area contributed by atoms with E-state index in [-0.39, 0.29) is 6.42 Å². The van der Waals surface area contributed by atoms with Crippen molar-refractivity contribution >= 4 is 21.9 Å². The molecule has 0 radical (unpaired) electrons. The van der Waals surface area contributed by atoms with E-state index in [2.05, 4.69) is 15.9 Å². The van der Waals surface area contributed by atoms with Gasteiger partial charge < -0.3 is 14.6 Å². The molecule has 0 aromatic heterocycles. The van der Waals surface area contributed by atoms with E-state index in [0.29, 0.717) is 12.2 Å². The number of halogens is 1. The van der Waals surface area contributed by atoms with Crippen LogP contribution >= 0.6 is 15.9 Å². The smallest absolute Gasteiger partial charge is 0.303 e. The average Bonchev–Trinajstić information content (AvgIpc) is 2.30. The van der Waals surface area contributed by atoms with Crippen molar-refractivity contribution in [3.8, 4) is 11.5 Å². The standard InChI is InChI=1S/C12H15BrO4/c1-7-9(16-2)6-8(4-5-10(14)15)12(17-3)11(7)13/h6H,4-5H2,1-3H3,(H,14,15). The second-order valence-corrected chi connectivity index (χ2v) is 4.40. The zero-order valence-electron chi connectivity index (χ0n) is 10.0. The van der Waals surface area contributed by atoms with Crippen molar-refractivity contribution in [1.82, 2.24) is 0 Å². The van der Waals surface area contributed by atoms with E-state index < -0.39 is 5.97 Å². The Kier molecular flexibility index (Phi) is 4.81. The molecule has 94 valence electrons. The van der Waals surface area contributed by atoms with E-state index in [0.717, 1.165) is 21.3 Å². The molecule has 1 aromatic carbocycles. The van der Waals surface area contributed by atoms with Crippen molar-refractivity contribution in [3.05, 3.63) is 21.7 Å². The third-order valence-electron chi connectivity index (χ3n) is 2.53.